The molecule has 1 aromatic carbocycles. The number of quaternary nitrogens is 1. The molecule has 2 aliphatic carbocycles. The van der Waals surface area contributed by atoms with Crippen LogP contribution in [0.25, 0.3) is 0 Å². The molecule has 2 aliphatic heterocycles. The van der Waals surface area contributed by atoms with Gasteiger partial charge < -0.3 is 14.8 Å². The number of hydrogen-bond donors (Lipinski definition) is 1. The summed E-state index contributed by atoms with van der Waals surface area (Å²) in [5, 5.41) is 2.32. The van der Waals surface area contributed by atoms with Crippen LogP contribution in [0.15, 0.2) is 30.3 Å². The molecule has 146 valence electrons. The summed E-state index contributed by atoms with van der Waals surface area (Å²) in [4.78, 5) is 12.6. The number of ether oxygens (including phenoxy) is 2. The van der Waals surface area contributed by atoms with Crippen LogP contribution in [0.4, 0.5) is 0 Å². The highest BCUT2D eigenvalue weighted by molar-refractivity contribution is 5.75. The normalized spacial score (nSPS) is 42.5. The van der Waals surface area contributed by atoms with Crippen molar-refractivity contribution < 1.29 is 19.6 Å². The van der Waals surface area contributed by atoms with E-state index in [1.165, 1.54) is 24.8 Å². The van der Waals surface area contributed by atoms with Gasteiger partial charge in [-0.1, -0.05) is 37.3 Å². The number of fused-ring (bicyclic) bond motifs is 3. The van der Waals surface area contributed by atoms with Crippen LogP contribution in [0.1, 0.15) is 44.6 Å². The molecule has 0 amide bonds. The smallest absolute Gasteiger partial charge is 0.315 e. The van der Waals surface area contributed by atoms with Gasteiger partial charge in [-0.15, -0.1) is 0 Å². The molecule has 2 saturated heterocycles. The molecule has 27 heavy (non-hydrogen) atoms. The molecule has 5 rings (SSSR count). The van der Waals surface area contributed by atoms with Crippen molar-refractivity contribution in [2.45, 2.75) is 57.2 Å². The monoisotopic (exact) mass is 370 g/mol. The molecule has 4 nitrogen and oxygen atoms in total. The Hall–Kier alpha value is -1.39. The quantitative estimate of drug-likeness (QED) is 0.492. The molecule has 0 aromatic heterocycles. The second-order valence-corrected chi connectivity index (χ2v) is 9.65. The first-order chi connectivity index (χ1) is 13.1. The molecule has 2 heterocycles. The third kappa shape index (κ3) is 3.11. The van der Waals surface area contributed by atoms with Crippen LogP contribution in [0.2, 0.25) is 0 Å². The van der Waals surface area contributed by atoms with Crippen molar-refractivity contribution in [1.29, 1.82) is 0 Å². The summed E-state index contributed by atoms with van der Waals surface area (Å²) >= 11 is 0. The maximum atomic E-state index is 12.6. The lowest BCUT2D eigenvalue weighted by molar-refractivity contribution is -0.658. The van der Waals surface area contributed by atoms with Crippen molar-refractivity contribution >= 4 is 5.97 Å². The van der Waals surface area contributed by atoms with Crippen LogP contribution in [0, 0.1) is 23.2 Å². The Labute approximate surface area is 162 Å². The SMILES string of the molecule is C[C@@]12CCC[C@]3(CO3)[C@@H]1C[C@H]1[C@H](C[NH2+]CCc3ccccc3)C(=O)O[C@@H]1C2. The van der Waals surface area contributed by atoms with Crippen molar-refractivity contribution in [3.05, 3.63) is 35.9 Å². The molecule has 4 aliphatic rings. The fourth-order valence-corrected chi connectivity index (χ4v) is 6.44. The number of hydrogen-bond acceptors (Lipinski definition) is 3. The van der Waals surface area contributed by atoms with Crippen LogP contribution >= 0.6 is 0 Å². The van der Waals surface area contributed by atoms with E-state index in [-0.39, 0.29) is 23.6 Å². The minimum atomic E-state index is 0.0500. The van der Waals surface area contributed by atoms with Gasteiger partial charge in [0.1, 0.15) is 12.0 Å². The maximum absolute atomic E-state index is 12.6. The molecule has 4 fully saturated rings. The van der Waals surface area contributed by atoms with Gasteiger partial charge in [-0.2, -0.15) is 0 Å². The molecular formula is C23H32NO3+. The van der Waals surface area contributed by atoms with Crippen molar-refractivity contribution in [1.82, 2.24) is 0 Å². The number of carbonyl (C=O) groups excluding carboxylic acids is 1. The van der Waals surface area contributed by atoms with Crippen molar-refractivity contribution in [3.8, 4) is 0 Å². The van der Waals surface area contributed by atoms with Crippen molar-refractivity contribution in [2.75, 3.05) is 19.7 Å². The van der Waals surface area contributed by atoms with E-state index in [9.17, 15) is 4.79 Å². The summed E-state index contributed by atoms with van der Waals surface area (Å²) in [6.07, 6.45) is 7.08. The Kier molecular flexibility index (Phi) is 4.32. The van der Waals surface area contributed by atoms with Gasteiger partial charge in [0.2, 0.25) is 0 Å². The Balaban J connectivity index is 1.22. The summed E-state index contributed by atoms with van der Waals surface area (Å²) in [6.45, 7) is 5.25. The van der Waals surface area contributed by atoms with E-state index < -0.39 is 0 Å². The van der Waals surface area contributed by atoms with E-state index in [2.05, 4.69) is 42.6 Å². The number of carbonyl (C=O) groups is 1. The van der Waals surface area contributed by atoms with Gasteiger partial charge in [0.25, 0.3) is 0 Å². The van der Waals surface area contributed by atoms with Gasteiger partial charge in [-0.3, -0.25) is 4.79 Å². The largest absolute Gasteiger partial charge is 0.462 e. The molecule has 2 N–H and O–H groups in total. The summed E-state index contributed by atoms with van der Waals surface area (Å²) in [7, 11) is 0. The third-order valence-corrected chi connectivity index (χ3v) is 7.98. The standard InChI is InChI=1S/C23H31NO3/c1-22-9-5-10-23(15-26-23)20(22)12-17-18(21(25)27-19(17)13-22)14-24-11-8-16-6-3-2-4-7-16/h2-4,6-7,17-20,24H,5,8-15H2,1H3/p+1/t17-,18-,19+,20+,22-,23-/m0/s1. The lowest BCUT2D eigenvalue weighted by atomic mass is 9.53. The Bertz CT molecular complexity index is 701. The van der Waals surface area contributed by atoms with Gasteiger partial charge in [0, 0.05) is 12.3 Å². The molecule has 4 heteroatoms. The Morgan fingerprint density at radius 3 is 2.81 bits per heavy atom. The lowest BCUT2D eigenvalue weighted by Crippen LogP contribution is -2.86. The fraction of sp³-hybridized carbons (Fsp3) is 0.696. The van der Waals surface area contributed by atoms with Crippen LogP contribution in [0.3, 0.4) is 0 Å². The van der Waals surface area contributed by atoms with Gasteiger partial charge >= 0.3 is 5.97 Å². The van der Waals surface area contributed by atoms with Crippen molar-refractivity contribution in [2.24, 2.45) is 23.2 Å². The lowest BCUT2D eigenvalue weighted by Gasteiger charge is -2.51. The van der Waals surface area contributed by atoms with E-state index >= 15 is 0 Å². The van der Waals surface area contributed by atoms with Crippen LogP contribution in [-0.2, 0) is 20.7 Å². The zero-order valence-electron chi connectivity index (χ0n) is 16.4. The fourth-order valence-electron chi connectivity index (χ4n) is 6.44. The number of benzene rings is 1. The second-order valence-electron chi connectivity index (χ2n) is 9.65. The van der Waals surface area contributed by atoms with Crippen LogP contribution in [0.5, 0.6) is 0 Å². The Morgan fingerprint density at radius 1 is 1.22 bits per heavy atom. The number of nitrogens with two attached hydrogens (primary N) is 1. The van der Waals surface area contributed by atoms with Gasteiger partial charge in [-0.05, 0) is 49.0 Å². The Morgan fingerprint density at radius 2 is 2.04 bits per heavy atom. The van der Waals surface area contributed by atoms with Gasteiger partial charge in [-0.25, -0.2) is 0 Å². The van der Waals surface area contributed by atoms with E-state index in [1.807, 2.05) is 0 Å². The van der Waals surface area contributed by atoms with E-state index in [0.717, 1.165) is 39.0 Å². The first-order valence-corrected chi connectivity index (χ1v) is 10.8. The minimum absolute atomic E-state index is 0.0500. The molecule has 6 atom stereocenters. The number of rotatable bonds is 5. The van der Waals surface area contributed by atoms with Crippen molar-refractivity contribution in [3.63, 3.8) is 0 Å². The zero-order valence-corrected chi connectivity index (χ0v) is 16.4. The van der Waals surface area contributed by atoms with E-state index in [1.54, 1.807) is 0 Å². The topological polar surface area (TPSA) is 55.4 Å². The molecular weight excluding hydrogens is 338 g/mol. The molecule has 2 saturated carbocycles. The third-order valence-electron chi connectivity index (χ3n) is 7.98. The number of epoxide rings is 1. The average molecular weight is 371 g/mol. The maximum Gasteiger partial charge on any atom is 0.315 e. The van der Waals surface area contributed by atoms with Gasteiger partial charge in [0.05, 0.1) is 25.3 Å². The summed E-state index contributed by atoms with van der Waals surface area (Å²) < 4.78 is 11.9. The van der Waals surface area contributed by atoms with E-state index in [0.29, 0.717) is 17.3 Å². The predicted octanol–water partition coefficient (Wildman–Crippen LogP) is 2.32. The molecule has 0 radical (unpaired) electrons. The highest BCUT2D eigenvalue weighted by atomic mass is 16.6. The van der Waals surface area contributed by atoms with Crippen LogP contribution in [-0.4, -0.2) is 37.4 Å². The van der Waals surface area contributed by atoms with Crippen LogP contribution < -0.4 is 5.32 Å². The molecule has 1 spiro atoms. The van der Waals surface area contributed by atoms with Gasteiger partial charge in [0.15, 0.2) is 0 Å². The average Bonchev–Trinajstić information content (AvgIpc) is 3.36. The zero-order chi connectivity index (χ0) is 18.5. The molecule has 0 unspecified atom stereocenters. The molecule has 1 aromatic rings. The number of esters is 1. The molecule has 0 bridgehead atoms. The highest BCUT2D eigenvalue weighted by Crippen LogP contribution is 2.62. The highest BCUT2D eigenvalue weighted by Gasteiger charge is 2.65. The van der Waals surface area contributed by atoms with E-state index in [4.69, 9.17) is 9.47 Å². The first-order valence-electron chi connectivity index (χ1n) is 10.8. The predicted molar refractivity (Wildman–Crippen MR) is 102 cm³/mol. The summed E-state index contributed by atoms with van der Waals surface area (Å²) in [5.74, 6) is 1.12. The minimum Gasteiger partial charge on any atom is -0.462 e. The first kappa shape index (κ1) is 17.7. The summed E-state index contributed by atoms with van der Waals surface area (Å²) in [5.41, 5.74) is 1.80. The summed E-state index contributed by atoms with van der Waals surface area (Å²) in [6, 6.07) is 10.6. The second kappa shape index (κ2) is 6.59.